The SMILES string of the molecule is Cc1cscc1C(=O)N1CCOC(CN(C)c2nccn(C)c2=O)C1. The van der Waals surface area contributed by atoms with Crippen molar-refractivity contribution in [2.75, 3.05) is 38.2 Å². The zero-order valence-corrected chi connectivity index (χ0v) is 15.5. The largest absolute Gasteiger partial charge is 0.373 e. The number of anilines is 1. The van der Waals surface area contributed by atoms with Crippen LogP contribution < -0.4 is 10.5 Å². The molecule has 1 aliphatic heterocycles. The van der Waals surface area contributed by atoms with Crippen LogP contribution in [0.15, 0.2) is 27.9 Å². The summed E-state index contributed by atoms with van der Waals surface area (Å²) < 4.78 is 7.29. The number of carbonyl (C=O) groups excluding carboxylic acids is 1. The van der Waals surface area contributed by atoms with Gasteiger partial charge in [-0.1, -0.05) is 0 Å². The maximum Gasteiger partial charge on any atom is 0.293 e. The summed E-state index contributed by atoms with van der Waals surface area (Å²) in [4.78, 5) is 32.6. The van der Waals surface area contributed by atoms with Gasteiger partial charge in [-0.25, -0.2) is 4.98 Å². The second kappa shape index (κ2) is 7.37. The number of thiophene rings is 1. The molecule has 2 aromatic heterocycles. The molecular weight excluding hydrogens is 340 g/mol. The van der Waals surface area contributed by atoms with Gasteiger partial charge >= 0.3 is 0 Å². The lowest BCUT2D eigenvalue weighted by atomic mass is 10.1. The highest BCUT2D eigenvalue weighted by Gasteiger charge is 2.27. The van der Waals surface area contributed by atoms with E-state index in [9.17, 15) is 9.59 Å². The molecule has 25 heavy (non-hydrogen) atoms. The Morgan fingerprint density at radius 3 is 3.00 bits per heavy atom. The monoisotopic (exact) mass is 362 g/mol. The Morgan fingerprint density at radius 1 is 1.48 bits per heavy atom. The molecule has 1 unspecified atom stereocenters. The van der Waals surface area contributed by atoms with Crippen molar-refractivity contribution in [2.24, 2.45) is 7.05 Å². The van der Waals surface area contributed by atoms with Crippen molar-refractivity contribution >= 4 is 23.1 Å². The number of likely N-dealkylation sites (N-methyl/N-ethyl adjacent to an activating group) is 1. The summed E-state index contributed by atoms with van der Waals surface area (Å²) in [6, 6.07) is 0. The molecule has 0 N–H and O–H groups in total. The molecule has 0 aliphatic carbocycles. The Labute approximate surface area is 150 Å². The van der Waals surface area contributed by atoms with Gasteiger partial charge in [0, 0.05) is 51.5 Å². The number of nitrogens with zero attached hydrogens (tertiary/aromatic N) is 4. The number of rotatable bonds is 4. The van der Waals surface area contributed by atoms with Gasteiger partial charge in [0.25, 0.3) is 11.5 Å². The lowest BCUT2D eigenvalue weighted by molar-refractivity contribution is -0.0172. The van der Waals surface area contributed by atoms with E-state index in [4.69, 9.17) is 4.74 Å². The second-order valence-electron chi connectivity index (χ2n) is 6.26. The summed E-state index contributed by atoms with van der Waals surface area (Å²) in [6.45, 7) is 4.03. The van der Waals surface area contributed by atoms with Crippen molar-refractivity contribution in [1.29, 1.82) is 0 Å². The quantitative estimate of drug-likeness (QED) is 0.816. The summed E-state index contributed by atoms with van der Waals surface area (Å²) in [5.74, 6) is 0.425. The summed E-state index contributed by atoms with van der Waals surface area (Å²) in [6.07, 6.45) is 3.07. The van der Waals surface area contributed by atoms with Crippen LogP contribution >= 0.6 is 11.3 Å². The maximum atomic E-state index is 12.7. The average Bonchev–Trinajstić information content (AvgIpc) is 3.03. The molecule has 1 aliphatic rings. The molecule has 0 spiro atoms. The maximum absolute atomic E-state index is 12.7. The molecule has 0 saturated carbocycles. The molecule has 3 rings (SSSR count). The highest BCUT2D eigenvalue weighted by atomic mass is 32.1. The summed E-state index contributed by atoms with van der Waals surface area (Å²) >= 11 is 1.54. The van der Waals surface area contributed by atoms with Crippen molar-refractivity contribution in [3.63, 3.8) is 0 Å². The predicted molar refractivity (Wildman–Crippen MR) is 97.4 cm³/mol. The Hall–Kier alpha value is -2.19. The van der Waals surface area contributed by atoms with E-state index >= 15 is 0 Å². The molecule has 134 valence electrons. The minimum Gasteiger partial charge on any atom is -0.373 e. The van der Waals surface area contributed by atoms with E-state index in [1.807, 2.05) is 29.6 Å². The van der Waals surface area contributed by atoms with E-state index in [1.54, 1.807) is 24.3 Å². The van der Waals surface area contributed by atoms with Gasteiger partial charge in [0.1, 0.15) is 0 Å². The molecule has 0 radical (unpaired) electrons. The van der Waals surface area contributed by atoms with Crippen LogP contribution in [0.5, 0.6) is 0 Å². The zero-order valence-electron chi connectivity index (χ0n) is 14.6. The summed E-state index contributed by atoms with van der Waals surface area (Å²) in [5, 5.41) is 3.88. The van der Waals surface area contributed by atoms with Crippen LogP contribution in [-0.4, -0.2) is 59.8 Å². The normalized spacial score (nSPS) is 17.6. The predicted octanol–water partition coefficient (Wildman–Crippen LogP) is 1.13. The molecule has 8 heteroatoms. The first-order valence-electron chi connectivity index (χ1n) is 8.14. The van der Waals surface area contributed by atoms with Crippen LogP contribution in [0.25, 0.3) is 0 Å². The molecular formula is C17H22N4O3S. The Bertz CT molecular complexity index is 816. The number of amides is 1. The minimum atomic E-state index is -0.159. The number of aromatic nitrogens is 2. The Kier molecular flexibility index (Phi) is 5.19. The number of ether oxygens (including phenoxy) is 1. The summed E-state index contributed by atoms with van der Waals surface area (Å²) in [5.41, 5.74) is 1.62. The second-order valence-corrected chi connectivity index (χ2v) is 7.00. The Morgan fingerprint density at radius 2 is 2.28 bits per heavy atom. The van der Waals surface area contributed by atoms with E-state index in [0.29, 0.717) is 32.1 Å². The van der Waals surface area contributed by atoms with Crippen molar-refractivity contribution in [2.45, 2.75) is 13.0 Å². The lowest BCUT2D eigenvalue weighted by Gasteiger charge is -2.35. The minimum absolute atomic E-state index is 0.0449. The highest BCUT2D eigenvalue weighted by molar-refractivity contribution is 7.08. The molecule has 1 atom stereocenters. The fourth-order valence-electron chi connectivity index (χ4n) is 2.90. The fourth-order valence-corrected chi connectivity index (χ4v) is 3.72. The number of hydrogen-bond acceptors (Lipinski definition) is 6. The molecule has 1 saturated heterocycles. The van der Waals surface area contributed by atoms with Gasteiger partial charge in [0.2, 0.25) is 0 Å². The van der Waals surface area contributed by atoms with Crippen molar-refractivity contribution in [1.82, 2.24) is 14.5 Å². The third-order valence-electron chi connectivity index (χ3n) is 4.35. The van der Waals surface area contributed by atoms with Crippen LogP contribution in [0.2, 0.25) is 0 Å². The molecule has 1 fully saturated rings. The third kappa shape index (κ3) is 3.74. The average molecular weight is 362 g/mol. The van der Waals surface area contributed by atoms with Gasteiger partial charge < -0.3 is 19.1 Å². The van der Waals surface area contributed by atoms with Gasteiger partial charge in [-0.05, 0) is 17.9 Å². The molecule has 7 nitrogen and oxygen atoms in total. The van der Waals surface area contributed by atoms with E-state index in [0.717, 1.165) is 11.1 Å². The molecule has 0 bridgehead atoms. The van der Waals surface area contributed by atoms with E-state index in [2.05, 4.69) is 4.98 Å². The topological polar surface area (TPSA) is 67.7 Å². The first-order chi connectivity index (χ1) is 12.0. The number of carbonyl (C=O) groups is 1. The van der Waals surface area contributed by atoms with Crippen LogP contribution in [0.1, 0.15) is 15.9 Å². The van der Waals surface area contributed by atoms with Crippen LogP contribution in [0.3, 0.4) is 0 Å². The standard InChI is InChI=1S/C17H22N4O3S/c1-12-10-25-11-14(12)16(22)21-6-7-24-13(9-21)8-20(3)15-17(23)19(2)5-4-18-15/h4-5,10-11,13H,6-9H2,1-3H3. The zero-order chi connectivity index (χ0) is 18.0. The first kappa shape index (κ1) is 17.6. The van der Waals surface area contributed by atoms with Gasteiger partial charge in [0.05, 0.1) is 18.3 Å². The van der Waals surface area contributed by atoms with Crippen molar-refractivity contribution in [3.05, 3.63) is 44.6 Å². The molecule has 0 aromatic carbocycles. The lowest BCUT2D eigenvalue weighted by Crippen LogP contribution is -2.49. The number of aryl methyl sites for hydroxylation is 2. The van der Waals surface area contributed by atoms with Crippen molar-refractivity contribution < 1.29 is 9.53 Å². The van der Waals surface area contributed by atoms with Crippen LogP contribution in [-0.2, 0) is 11.8 Å². The van der Waals surface area contributed by atoms with E-state index in [-0.39, 0.29) is 17.6 Å². The van der Waals surface area contributed by atoms with Gasteiger partial charge in [0.15, 0.2) is 5.82 Å². The number of hydrogen-bond donors (Lipinski definition) is 0. The van der Waals surface area contributed by atoms with Gasteiger partial charge in [-0.2, -0.15) is 11.3 Å². The third-order valence-corrected chi connectivity index (χ3v) is 5.21. The Balaban J connectivity index is 1.67. The van der Waals surface area contributed by atoms with E-state index < -0.39 is 0 Å². The summed E-state index contributed by atoms with van der Waals surface area (Å²) in [7, 11) is 3.51. The van der Waals surface area contributed by atoms with Crippen LogP contribution in [0.4, 0.5) is 5.82 Å². The fraction of sp³-hybridized carbons (Fsp3) is 0.471. The first-order valence-corrected chi connectivity index (χ1v) is 9.08. The van der Waals surface area contributed by atoms with Gasteiger partial charge in [-0.15, -0.1) is 0 Å². The van der Waals surface area contributed by atoms with Crippen LogP contribution in [0, 0.1) is 6.92 Å². The smallest absolute Gasteiger partial charge is 0.293 e. The molecule has 2 aromatic rings. The van der Waals surface area contributed by atoms with Gasteiger partial charge in [-0.3, -0.25) is 9.59 Å². The number of morpholine rings is 1. The van der Waals surface area contributed by atoms with Crippen molar-refractivity contribution in [3.8, 4) is 0 Å². The van der Waals surface area contributed by atoms with E-state index in [1.165, 1.54) is 15.9 Å². The molecule has 1 amide bonds. The highest BCUT2D eigenvalue weighted by Crippen LogP contribution is 2.18. The molecule has 3 heterocycles.